The predicted molar refractivity (Wildman–Crippen MR) is 121 cm³/mol. The van der Waals surface area contributed by atoms with Gasteiger partial charge >= 0.3 is 5.97 Å². The van der Waals surface area contributed by atoms with Crippen molar-refractivity contribution in [2.24, 2.45) is 23.5 Å². The summed E-state index contributed by atoms with van der Waals surface area (Å²) < 4.78 is 0. The highest BCUT2D eigenvalue weighted by molar-refractivity contribution is 5.94. The van der Waals surface area contributed by atoms with Crippen LogP contribution in [0.4, 0.5) is 0 Å². The lowest BCUT2D eigenvalue weighted by atomic mass is 9.96. The van der Waals surface area contributed by atoms with Crippen LogP contribution < -0.4 is 21.7 Å². The van der Waals surface area contributed by atoms with E-state index in [1.165, 1.54) is 6.92 Å². The van der Waals surface area contributed by atoms with E-state index in [1.807, 2.05) is 20.8 Å². The van der Waals surface area contributed by atoms with Crippen molar-refractivity contribution in [3.05, 3.63) is 0 Å². The van der Waals surface area contributed by atoms with Crippen molar-refractivity contribution in [2.45, 2.75) is 98.0 Å². The van der Waals surface area contributed by atoms with Gasteiger partial charge in [0.25, 0.3) is 0 Å². The Kier molecular flexibility index (Phi) is 13.1. The summed E-state index contributed by atoms with van der Waals surface area (Å²) in [6.07, 6.45) is 0.243. The van der Waals surface area contributed by atoms with Crippen LogP contribution in [0.15, 0.2) is 0 Å². The molecule has 0 rings (SSSR count). The highest BCUT2D eigenvalue weighted by atomic mass is 16.4. The SMILES string of the molecule is CCC(C)C(NC(=O)C(NC(=O)C(NC(=O)C(N)CC(C)C)C(C)CC)C(C)O)C(=O)O. The second-order valence-electron chi connectivity index (χ2n) is 9.04. The van der Waals surface area contributed by atoms with E-state index in [0.717, 1.165) is 0 Å². The van der Waals surface area contributed by atoms with Crippen LogP contribution in [0, 0.1) is 17.8 Å². The maximum Gasteiger partial charge on any atom is 0.326 e. The number of nitrogens with two attached hydrogens (primary N) is 1. The van der Waals surface area contributed by atoms with Gasteiger partial charge < -0.3 is 31.9 Å². The van der Waals surface area contributed by atoms with E-state index in [4.69, 9.17) is 5.73 Å². The van der Waals surface area contributed by atoms with Crippen LogP contribution in [-0.4, -0.2) is 64.2 Å². The molecule has 0 aromatic carbocycles. The third kappa shape index (κ3) is 9.52. The molecule has 0 aromatic rings. The normalized spacial score (nSPS) is 17.9. The van der Waals surface area contributed by atoms with E-state index < -0.39 is 54.0 Å². The van der Waals surface area contributed by atoms with Crippen molar-refractivity contribution in [1.82, 2.24) is 16.0 Å². The molecule has 7 unspecified atom stereocenters. The van der Waals surface area contributed by atoms with E-state index >= 15 is 0 Å². The van der Waals surface area contributed by atoms with Gasteiger partial charge in [0.05, 0.1) is 12.1 Å². The van der Waals surface area contributed by atoms with Gasteiger partial charge in [0.2, 0.25) is 17.7 Å². The van der Waals surface area contributed by atoms with Crippen molar-refractivity contribution < 1.29 is 29.4 Å². The number of hydrogen-bond acceptors (Lipinski definition) is 6. The van der Waals surface area contributed by atoms with E-state index in [2.05, 4.69) is 16.0 Å². The number of carboxylic acids is 1. The van der Waals surface area contributed by atoms with E-state index in [1.54, 1.807) is 20.8 Å². The maximum atomic E-state index is 13.0. The molecule has 0 fully saturated rings. The molecule has 0 heterocycles. The predicted octanol–water partition coefficient (Wildman–Crippen LogP) is 0.372. The highest BCUT2D eigenvalue weighted by Gasteiger charge is 2.35. The minimum Gasteiger partial charge on any atom is -0.480 e. The summed E-state index contributed by atoms with van der Waals surface area (Å²) in [6.45, 7) is 12.3. The topological polar surface area (TPSA) is 171 Å². The lowest BCUT2D eigenvalue weighted by Gasteiger charge is -2.29. The molecule has 186 valence electrons. The molecule has 7 N–H and O–H groups in total. The largest absolute Gasteiger partial charge is 0.480 e. The number of nitrogens with one attached hydrogen (secondary N) is 3. The lowest BCUT2D eigenvalue weighted by molar-refractivity contribution is -0.144. The molecule has 10 heteroatoms. The average Bonchev–Trinajstić information content (AvgIpc) is 2.71. The Hall–Kier alpha value is -2.20. The molecule has 0 aliphatic rings. The molecule has 0 spiro atoms. The van der Waals surface area contributed by atoms with E-state index in [9.17, 15) is 29.4 Å². The summed E-state index contributed by atoms with van der Waals surface area (Å²) in [5.74, 6) is -3.56. The van der Waals surface area contributed by atoms with Crippen LogP contribution >= 0.6 is 0 Å². The van der Waals surface area contributed by atoms with Crippen LogP contribution in [0.3, 0.4) is 0 Å². The highest BCUT2D eigenvalue weighted by Crippen LogP contribution is 2.12. The van der Waals surface area contributed by atoms with Gasteiger partial charge in [-0.25, -0.2) is 4.79 Å². The standard InChI is InChI=1S/C22H42N4O6/c1-8-12(5)16(24-19(28)15(23)10-11(3)4)20(29)26-18(14(7)27)21(30)25-17(22(31)32)13(6)9-2/h11-18,27H,8-10,23H2,1-7H3,(H,24,28)(H,25,30)(H,26,29)(H,31,32). The summed E-state index contributed by atoms with van der Waals surface area (Å²) in [5, 5.41) is 27.0. The Morgan fingerprint density at radius 1 is 0.750 bits per heavy atom. The second kappa shape index (κ2) is 14.1. The van der Waals surface area contributed by atoms with E-state index in [-0.39, 0.29) is 17.8 Å². The monoisotopic (exact) mass is 458 g/mol. The van der Waals surface area contributed by atoms with Gasteiger partial charge in [0, 0.05) is 0 Å². The van der Waals surface area contributed by atoms with Gasteiger partial charge in [-0.2, -0.15) is 0 Å². The third-order valence-corrected chi connectivity index (χ3v) is 5.69. The Balaban J connectivity index is 5.51. The quantitative estimate of drug-likeness (QED) is 0.218. The maximum absolute atomic E-state index is 13.0. The number of carbonyl (C=O) groups excluding carboxylic acids is 3. The van der Waals surface area contributed by atoms with Crippen LogP contribution in [0.25, 0.3) is 0 Å². The molecule has 7 atom stereocenters. The van der Waals surface area contributed by atoms with E-state index in [0.29, 0.717) is 19.3 Å². The average molecular weight is 459 g/mol. The minimum absolute atomic E-state index is 0.197. The van der Waals surface area contributed by atoms with Crippen molar-refractivity contribution >= 4 is 23.7 Å². The van der Waals surface area contributed by atoms with Gasteiger partial charge in [-0.3, -0.25) is 14.4 Å². The first-order chi connectivity index (χ1) is 14.8. The van der Waals surface area contributed by atoms with Gasteiger partial charge in [0.15, 0.2) is 0 Å². The van der Waals surface area contributed by atoms with Gasteiger partial charge in [-0.1, -0.05) is 54.4 Å². The smallest absolute Gasteiger partial charge is 0.326 e. The molecule has 0 bridgehead atoms. The fourth-order valence-electron chi connectivity index (χ4n) is 3.15. The summed E-state index contributed by atoms with van der Waals surface area (Å²) in [5.41, 5.74) is 5.93. The molecular weight excluding hydrogens is 416 g/mol. The first kappa shape index (κ1) is 29.8. The number of rotatable bonds is 14. The molecule has 0 radical (unpaired) electrons. The van der Waals surface area contributed by atoms with Gasteiger partial charge in [-0.05, 0) is 31.1 Å². The van der Waals surface area contributed by atoms with Crippen LogP contribution in [0.2, 0.25) is 0 Å². The number of aliphatic carboxylic acids is 1. The minimum atomic E-state index is -1.39. The van der Waals surface area contributed by atoms with Gasteiger partial charge in [-0.15, -0.1) is 0 Å². The number of aliphatic hydroxyl groups excluding tert-OH is 1. The summed E-state index contributed by atoms with van der Waals surface area (Å²) >= 11 is 0. The Morgan fingerprint density at radius 3 is 1.56 bits per heavy atom. The molecule has 10 nitrogen and oxygen atoms in total. The zero-order valence-electron chi connectivity index (χ0n) is 20.3. The van der Waals surface area contributed by atoms with Crippen molar-refractivity contribution in [2.75, 3.05) is 0 Å². The number of hydrogen-bond donors (Lipinski definition) is 6. The fourth-order valence-corrected chi connectivity index (χ4v) is 3.15. The number of aliphatic hydroxyl groups is 1. The molecule has 32 heavy (non-hydrogen) atoms. The third-order valence-electron chi connectivity index (χ3n) is 5.69. The number of amides is 3. The fraction of sp³-hybridized carbons (Fsp3) is 0.818. The van der Waals surface area contributed by atoms with Crippen LogP contribution in [0.1, 0.15) is 67.7 Å². The molecule has 0 saturated heterocycles. The number of carbonyl (C=O) groups is 4. The summed E-state index contributed by atoms with van der Waals surface area (Å²) in [6, 6.07) is -4.30. The van der Waals surface area contributed by atoms with Crippen molar-refractivity contribution in [3.8, 4) is 0 Å². The Labute approximate surface area is 191 Å². The van der Waals surface area contributed by atoms with Gasteiger partial charge in [0.1, 0.15) is 18.1 Å². The zero-order chi connectivity index (χ0) is 25.2. The second-order valence-corrected chi connectivity index (χ2v) is 9.04. The summed E-state index contributed by atoms with van der Waals surface area (Å²) in [4.78, 5) is 49.7. The van der Waals surface area contributed by atoms with Crippen LogP contribution in [-0.2, 0) is 19.2 Å². The molecule has 0 aliphatic heterocycles. The first-order valence-electron chi connectivity index (χ1n) is 11.3. The molecular formula is C22H42N4O6. The van der Waals surface area contributed by atoms with Crippen molar-refractivity contribution in [1.29, 1.82) is 0 Å². The Bertz CT molecular complexity index is 640. The molecule has 3 amide bonds. The van der Waals surface area contributed by atoms with Crippen molar-refractivity contribution in [3.63, 3.8) is 0 Å². The number of carboxylic acid groups (broad SMARTS) is 1. The lowest BCUT2D eigenvalue weighted by Crippen LogP contribution is -2.61. The zero-order valence-corrected chi connectivity index (χ0v) is 20.3. The molecule has 0 aromatic heterocycles. The molecule has 0 aliphatic carbocycles. The Morgan fingerprint density at radius 2 is 1.16 bits per heavy atom. The summed E-state index contributed by atoms with van der Waals surface area (Å²) in [7, 11) is 0. The van der Waals surface area contributed by atoms with Crippen LogP contribution in [0.5, 0.6) is 0 Å². The first-order valence-corrected chi connectivity index (χ1v) is 11.3. The molecule has 0 saturated carbocycles.